The number of aromatic nitrogens is 1. The number of aliphatic hydroxyl groups is 1. The average molecular weight is 245 g/mol. The van der Waals surface area contributed by atoms with Crippen molar-refractivity contribution in [2.24, 2.45) is 0 Å². The van der Waals surface area contributed by atoms with E-state index < -0.39 is 0 Å². The monoisotopic (exact) mass is 244 g/mol. The van der Waals surface area contributed by atoms with Crippen LogP contribution in [0.15, 0.2) is 22.8 Å². The Morgan fingerprint density at radius 2 is 2.38 bits per heavy atom. The van der Waals surface area contributed by atoms with Crippen LogP contribution < -0.4 is 5.32 Å². The standard InChI is InChI=1S/C9H13BrN2O/c1-7(4-5-13)12-9-3-2-8(10)6-11-9/h2-3,6-7,13H,4-5H2,1H3,(H,11,12)/t7-/m1/s1. The largest absolute Gasteiger partial charge is 0.396 e. The van der Waals surface area contributed by atoms with Crippen LogP contribution in [-0.2, 0) is 0 Å². The smallest absolute Gasteiger partial charge is 0.126 e. The van der Waals surface area contributed by atoms with Crippen LogP contribution in [0.25, 0.3) is 0 Å². The van der Waals surface area contributed by atoms with Crippen LogP contribution in [0.5, 0.6) is 0 Å². The summed E-state index contributed by atoms with van der Waals surface area (Å²) in [6.45, 7) is 2.21. The summed E-state index contributed by atoms with van der Waals surface area (Å²) in [7, 11) is 0. The molecule has 0 aliphatic heterocycles. The zero-order valence-electron chi connectivity index (χ0n) is 7.50. The summed E-state index contributed by atoms with van der Waals surface area (Å²) >= 11 is 3.31. The van der Waals surface area contributed by atoms with E-state index in [1.165, 1.54) is 0 Å². The Morgan fingerprint density at radius 3 is 2.92 bits per heavy atom. The van der Waals surface area contributed by atoms with Crippen molar-refractivity contribution in [1.82, 2.24) is 4.98 Å². The molecule has 72 valence electrons. The highest BCUT2D eigenvalue weighted by Crippen LogP contribution is 2.11. The van der Waals surface area contributed by atoms with Gasteiger partial charge in [0, 0.05) is 23.3 Å². The molecular weight excluding hydrogens is 232 g/mol. The van der Waals surface area contributed by atoms with Crippen LogP contribution in [0.3, 0.4) is 0 Å². The average Bonchev–Trinajstić information content (AvgIpc) is 2.09. The number of halogens is 1. The van der Waals surface area contributed by atoms with Gasteiger partial charge in [-0.1, -0.05) is 0 Å². The molecule has 0 unspecified atom stereocenters. The van der Waals surface area contributed by atoms with Crippen LogP contribution in [0.1, 0.15) is 13.3 Å². The third-order valence-corrected chi connectivity index (χ3v) is 2.15. The number of hydrogen-bond donors (Lipinski definition) is 2. The lowest BCUT2D eigenvalue weighted by molar-refractivity contribution is 0.282. The minimum absolute atomic E-state index is 0.199. The van der Waals surface area contributed by atoms with E-state index in [0.717, 1.165) is 16.7 Å². The molecule has 13 heavy (non-hydrogen) atoms. The van der Waals surface area contributed by atoms with Crippen LogP contribution in [0, 0.1) is 0 Å². The summed E-state index contributed by atoms with van der Waals surface area (Å²) in [5.41, 5.74) is 0. The predicted octanol–water partition coefficient (Wildman–Crippen LogP) is 2.03. The summed E-state index contributed by atoms with van der Waals surface area (Å²) in [6.07, 6.45) is 2.48. The first-order valence-electron chi connectivity index (χ1n) is 4.21. The van der Waals surface area contributed by atoms with E-state index >= 15 is 0 Å². The van der Waals surface area contributed by atoms with Gasteiger partial charge in [0.15, 0.2) is 0 Å². The van der Waals surface area contributed by atoms with Gasteiger partial charge in [0.2, 0.25) is 0 Å². The van der Waals surface area contributed by atoms with Crippen molar-refractivity contribution in [1.29, 1.82) is 0 Å². The maximum atomic E-state index is 8.69. The van der Waals surface area contributed by atoms with E-state index in [-0.39, 0.29) is 12.6 Å². The van der Waals surface area contributed by atoms with Crippen LogP contribution in [0.2, 0.25) is 0 Å². The van der Waals surface area contributed by atoms with Crippen molar-refractivity contribution in [3.63, 3.8) is 0 Å². The van der Waals surface area contributed by atoms with E-state index in [0.29, 0.717) is 0 Å². The molecule has 1 aromatic rings. The molecule has 1 rings (SSSR count). The van der Waals surface area contributed by atoms with Crippen molar-refractivity contribution in [3.8, 4) is 0 Å². The Balaban J connectivity index is 2.49. The normalized spacial score (nSPS) is 12.5. The molecule has 0 aromatic carbocycles. The molecule has 0 saturated heterocycles. The molecule has 1 heterocycles. The van der Waals surface area contributed by atoms with Gasteiger partial charge in [0.25, 0.3) is 0 Å². The van der Waals surface area contributed by atoms with E-state index in [4.69, 9.17) is 5.11 Å². The molecule has 0 radical (unpaired) electrons. The van der Waals surface area contributed by atoms with Crippen molar-refractivity contribution >= 4 is 21.7 Å². The van der Waals surface area contributed by atoms with Gasteiger partial charge in [-0.05, 0) is 41.4 Å². The lowest BCUT2D eigenvalue weighted by Crippen LogP contribution is -2.17. The number of hydrogen-bond acceptors (Lipinski definition) is 3. The number of aliphatic hydroxyl groups excluding tert-OH is 1. The Kier molecular flexibility index (Phi) is 4.18. The van der Waals surface area contributed by atoms with Crippen molar-refractivity contribution < 1.29 is 5.11 Å². The SMILES string of the molecule is C[C@H](CCO)Nc1ccc(Br)cn1. The van der Waals surface area contributed by atoms with Crippen molar-refractivity contribution in [2.75, 3.05) is 11.9 Å². The Hall–Kier alpha value is -0.610. The highest BCUT2D eigenvalue weighted by molar-refractivity contribution is 9.10. The first-order chi connectivity index (χ1) is 6.22. The summed E-state index contributed by atoms with van der Waals surface area (Å²) in [6, 6.07) is 4.08. The quantitative estimate of drug-likeness (QED) is 0.853. The van der Waals surface area contributed by atoms with Gasteiger partial charge in [-0.2, -0.15) is 0 Å². The molecule has 3 nitrogen and oxygen atoms in total. The topological polar surface area (TPSA) is 45.1 Å². The second-order valence-corrected chi connectivity index (χ2v) is 3.83. The van der Waals surface area contributed by atoms with Gasteiger partial charge in [0.05, 0.1) is 0 Å². The molecule has 0 fully saturated rings. The summed E-state index contributed by atoms with van der Waals surface area (Å²) in [5, 5.41) is 11.9. The molecule has 0 aliphatic rings. The summed E-state index contributed by atoms with van der Waals surface area (Å²) in [5.74, 6) is 0.837. The zero-order chi connectivity index (χ0) is 9.68. The van der Waals surface area contributed by atoms with Gasteiger partial charge in [-0.3, -0.25) is 0 Å². The van der Waals surface area contributed by atoms with Crippen LogP contribution in [0.4, 0.5) is 5.82 Å². The van der Waals surface area contributed by atoms with Crippen LogP contribution in [-0.4, -0.2) is 22.7 Å². The highest BCUT2D eigenvalue weighted by atomic mass is 79.9. The number of nitrogens with zero attached hydrogens (tertiary/aromatic N) is 1. The van der Waals surface area contributed by atoms with Gasteiger partial charge in [-0.15, -0.1) is 0 Å². The maximum absolute atomic E-state index is 8.69. The number of anilines is 1. The first-order valence-corrected chi connectivity index (χ1v) is 5.00. The lowest BCUT2D eigenvalue weighted by atomic mass is 10.2. The van der Waals surface area contributed by atoms with E-state index in [9.17, 15) is 0 Å². The second-order valence-electron chi connectivity index (χ2n) is 2.92. The molecule has 4 heteroatoms. The Bertz CT molecular complexity index is 250. The number of pyridine rings is 1. The molecular formula is C9H13BrN2O. The lowest BCUT2D eigenvalue weighted by Gasteiger charge is -2.12. The summed E-state index contributed by atoms with van der Waals surface area (Å²) < 4.78 is 0.966. The fourth-order valence-electron chi connectivity index (χ4n) is 0.979. The number of rotatable bonds is 4. The predicted molar refractivity (Wildman–Crippen MR) is 56.7 cm³/mol. The highest BCUT2D eigenvalue weighted by Gasteiger charge is 2.00. The van der Waals surface area contributed by atoms with E-state index in [2.05, 4.69) is 26.2 Å². The summed E-state index contributed by atoms with van der Waals surface area (Å²) in [4.78, 5) is 4.16. The van der Waals surface area contributed by atoms with Gasteiger partial charge >= 0.3 is 0 Å². The Labute approximate surface area is 86.3 Å². The number of nitrogens with one attached hydrogen (secondary N) is 1. The third-order valence-electron chi connectivity index (χ3n) is 1.68. The molecule has 0 amide bonds. The third kappa shape index (κ3) is 3.74. The fraction of sp³-hybridized carbons (Fsp3) is 0.444. The molecule has 0 aliphatic carbocycles. The zero-order valence-corrected chi connectivity index (χ0v) is 9.08. The molecule has 1 aromatic heterocycles. The van der Waals surface area contributed by atoms with E-state index in [1.807, 2.05) is 19.1 Å². The molecule has 0 spiro atoms. The first kappa shape index (κ1) is 10.5. The van der Waals surface area contributed by atoms with Gasteiger partial charge < -0.3 is 10.4 Å². The second kappa shape index (κ2) is 5.19. The molecule has 0 saturated carbocycles. The fourth-order valence-corrected chi connectivity index (χ4v) is 1.21. The minimum Gasteiger partial charge on any atom is -0.396 e. The molecule has 2 N–H and O–H groups in total. The van der Waals surface area contributed by atoms with Gasteiger partial charge in [-0.25, -0.2) is 4.98 Å². The Morgan fingerprint density at radius 1 is 1.62 bits per heavy atom. The van der Waals surface area contributed by atoms with Crippen molar-refractivity contribution in [2.45, 2.75) is 19.4 Å². The molecule has 1 atom stereocenters. The van der Waals surface area contributed by atoms with Gasteiger partial charge in [0.1, 0.15) is 5.82 Å². The van der Waals surface area contributed by atoms with Crippen molar-refractivity contribution in [3.05, 3.63) is 22.8 Å². The van der Waals surface area contributed by atoms with E-state index in [1.54, 1.807) is 6.20 Å². The minimum atomic E-state index is 0.199. The maximum Gasteiger partial charge on any atom is 0.126 e. The van der Waals surface area contributed by atoms with Crippen LogP contribution >= 0.6 is 15.9 Å². The molecule has 0 bridgehead atoms.